The number of rotatable bonds is 4. The molecule has 1 aliphatic heterocycles. The van der Waals surface area contributed by atoms with Gasteiger partial charge < -0.3 is 15.6 Å². The summed E-state index contributed by atoms with van der Waals surface area (Å²) in [5, 5.41) is 3.50. The first-order valence-electron chi connectivity index (χ1n) is 11.6. The summed E-state index contributed by atoms with van der Waals surface area (Å²) in [7, 11) is 1.81. The third kappa shape index (κ3) is 3.44. The largest absolute Gasteiger partial charge is 0.383 e. The number of carbonyl (C=O) groups is 1. The Labute approximate surface area is 210 Å². The fourth-order valence-electron chi connectivity index (χ4n) is 4.85. The summed E-state index contributed by atoms with van der Waals surface area (Å²) in [4.78, 5) is 31.5. The maximum Gasteiger partial charge on any atom is 0.240 e. The summed E-state index contributed by atoms with van der Waals surface area (Å²) in [5.74, 6) is -1.25. The summed E-state index contributed by atoms with van der Waals surface area (Å²) in [6.07, 6.45) is 1.77. The summed E-state index contributed by atoms with van der Waals surface area (Å²) in [6.45, 7) is 1.79. The van der Waals surface area contributed by atoms with Gasteiger partial charge in [-0.1, -0.05) is 42.5 Å². The Kier molecular flexibility index (Phi) is 5.01. The fourth-order valence-corrected chi connectivity index (χ4v) is 4.85. The average Bonchev–Trinajstić information content (AvgIpc) is 3.39. The molecule has 1 aliphatic rings. The lowest BCUT2D eigenvalue weighted by Crippen LogP contribution is -2.32. The van der Waals surface area contributed by atoms with Crippen molar-refractivity contribution in [1.29, 1.82) is 0 Å². The monoisotopic (exact) mass is 497 g/mol. The van der Waals surface area contributed by atoms with Crippen LogP contribution < -0.4 is 11.1 Å². The molecule has 8 nitrogen and oxygen atoms in total. The van der Waals surface area contributed by atoms with Crippen molar-refractivity contribution in [1.82, 2.24) is 24.5 Å². The predicted molar refractivity (Wildman–Crippen MR) is 135 cm³/mol. The van der Waals surface area contributed by atoms with E-state index in [1.54, 1.807) is 17.7 Å². The van der Waals surface area contributed by atoms with Crippen LogP contribution in [-0.2, 0) is 23.7 Å². The number of nitrogens with two attached hydrogens (primary N) is 1. The first-order valence-corrected chi connectivity index (χ1v) is 11.6. The van der Waals surface area contributed by atoms with E-state index in [4.69, 9.17) is 5.73 Å². The highest BCUT2D eigenvalue weighted by atomic mass is 19.2. The number of aromatic nitrogens is 5. The number of hydrogen-bond acceptors (Lipinski definition) is 6. The normalized spacial score (nSPS) is 16.7. The number of hydrogen-bond donors (Lipinski definition) is 2. The molecule has 0 saturated carbocycles. The number of nitrogens with one attached hydrogen (secondary N) is 1. The second-order valence-corrected chi connectivity index (χ2v) is 9.14. The van der Waals surface area contributed by atoms with E-state index in [1.165, 1.54) is 12.1 Å². The highest BCUT2D eigenvalue weighted by molar-refractivity contribution is 6.09. The van der Waals surface area contributed by atoms with Gasteiger partial charge in [-0.15, -0.1) is 0 Å². The highest BCUT2D eigenvalue weighted by Gasteiger charge is 2.47. The van der Waals surface area contributed by atoms with Crippen LogP contribution in [0.5, 0.6) is 0 Å². The minimum absolute atomic E-state index is 0.0407. The van der Waals surface area contributed by atoms with Gasteiger partial charge in [-0.2, -0.15) is 0 Å². The number of amides is 1. The van der Waals surface area contributed by atoms with Gasteiger partial charge in [-0.25, -0.2) is 28.7 Å². The number of nitrogens with zero attached hydrogens (tertiary/aromatic N) is 5. The molecule has 0 fully saturated rings. The molecule has 0 saturated heterocycles. The number of benzene rings is 2. The van der Waals surface area contributed by atoms with Gasteiger partial charge in [0, 0.05) is 25.1 Å². The summed E-state index contributed by atoms with van der Waals surface area (Å²) in [5.41, 5.74) is 7.71. The van der Waals surface area contributed by atoms with Gasteiger partial charge in [-0.05, 0) is 30.2 Å². The molecule has 10 heteroatoms. The quantitative estimate of drug-likeness (QED) is 0.386. The third-order valence-corrected chi connectivity index (χ3v) is 6.84. The molecule has 4 heterocycles. The van der Waals surface area contributed by atoms with E-state index in [0.29, 0.717) is 28.1 Å². The molecule has 5 aromatic rings. The average molecular weight is 498 g/mol. The van der Waals surface area contributed by atoms with Crippen LogP contribution in [0.4, 0.5) is 20.4 Å². The van der Waals surface area contributed by atoms with Crippen LogP contribution in [0.2, 0.25) is 0 Å². The van der Waals surface area contributed by atoms with Crippen molar-refractivity contribution in [3.05, 3.63) is 94.9 Å². The zero-order valence-electron chi connectivity index (χ0n) is 20.0. The number of carbonyl (C=O) groups excluding carboxylic acids is 1. The molecule has 1 amide bonds. The second-order valence-electron chi connectivity index (χ2n) is 9.14. The number of nitrogen functional groups attached to an aromatic ring is 1. The first-order chi connectivity index (χ1) is 17.8. The molecule has 6 rings (SSSR count). The lowest BCUT2D eigenvalue weighted by molar-refractivity contribution is -0.119. The second kappa shape index (κ2) is 8.16. The minimum Gasteiger partial charge on any atom is -0.383 e. The molecule has 0 radical (unpaired) electrons. The van der Waals surface area contributed by atoms with Crippen molar-refractivity contribution in [2.75, 3.05) is 11.1 Å². The molecule has 3 N–H and O–H groups in total. The van der Waals surface area contributed by atoms with Crippen LogP contribution in [0.25, 0.3) is 22.6 Å². The Hall–Kier alpha value is -4.73. The Bertz CT molecular complexity index is 1720. The van der Waals surface area contributed by atoms with Crippen LogP contribution in [0.15, 0.2) is 60.8 Å². The third-order valence-electron chi connectivity index (χ3n) is 6.84. The van der Waals surface area contributed by atoms with E-state index < -0.39 is 17.0 Å². The van der Waals surface area contributed by atoms with E-state index >= 15 is 0 Å². The maximum absolute atomic E-state index is 14.4. The van der Waals surface area contributed by atoms with Crippen molar-refractivity contribution in [2.24, 2.45) is 7.05 Å². The molecular weight excluding hydrogens is 476 g/mol. The van der Waals surface area contributed by atoms with E-state index in [9.17, 15) is 13.6 Å². The number of anilines is 2. The van der Waals surface area contributed by atoms with Crippen LogP contribution in [-0.4, -0.2) is 30.4 Å². The van der Waals surface area contributed by atoms with Gasteiger partial charge in [0.2, 0.25) is 5.91 Å². The Morgan fingerprint density at radius 1 is 1.00 bits per heavy atom. The van der Waals surface area contributed by atoms with Crippen LogP contribution in [0.1, 0.15) is 29.4 Å². The lowest BCUT2D eigenvalue weighted by atomic mass is 9.78. The molecule has 1 unspecified atom stereocenters. The van der Waals surface area contributed by atoms with Crippen molar-refractivity contribution < 1.29 is 13.6 Å². The van der Waals surface area contributed by atoms with Gasteiger partial charge in [-0.3, -0.25) is 4.79 Å². The number of aryl methyl sites for hydroxylation is 1. The molecule has 1 atom stereocenters. The van der Waals surface area contributed by atoms with Crippen molar-refractivity contribution in [3.63, 3.8) is 0 Å². The van der Waals surface area contributed by atoms with E-state index in [2.05, 4.69) is 25.3 Å². The first kappa shape index (κ1) is 22.7. The van der Waals surface area contributed by atoms with Crippen LogP contribution >= 0.6 is 0 Å². The van der Waals surface area contributed by atoms with E-state index in [0.717, 1.165) is 11.6 Å². The van der Waals surface area contributed by atoms with Crippen molar-refractivity contribution in [2.45, 2.75) is 18.8 Å². The Morgan fingerprint density at radius 3 is 2.57 bits per heavy atom. The molecule has 0 aliphatic carbocycles. The van der Waals surface area contributed by atoms with Crippen LogP contribution in [0, 0.1) is 11.6 Å². The van der Waals surface area contributed by atoms with E-state index in [-0.39, 0.29) is 35.4 Å². The van der Waals surface area contributed by atoms with Crippen LogP contribution in [0.3, 0.4) is 0 Å². The predicted octanol–water partition coefficient (Wildman–Crippen LogP) is 4.13. The molecule has 37 heavy (non-hydrogen) atoms. The van der Waals surface area contributed by atoms with Gasteiger partial charge in [0.1, 0.15) is 34.2 Å². The number of fused-ring (bicyclic) bond motifs is 2. The molecule has 184 valence electrons. The molecule has 3 aromatic heterocycles. The minimum atomic E-state index is -1.06. The summed E-state index contributed by atoms with van der Waals surface area (Å²) in [6, 6.07) is 15.1. The smallest absolute Gasteiger partial charge is 0.240 e. The lowest BCUT2D eigenvalue weighted by Gasteiger charge is -2.23. The number of halogens is 2. The fraction of sp³-hybridized carbons (Fsp3) is 0.148. The van der Waals surface area contributed by atoms with Gasteiger partial charge in [0.15, 0.2) is 17.5 Å². The van der Waals surface area contributed by atoms with Gasteiger partial charge >= 0.3 is 0 Å². The van der Waals surface area contributed by atoms with Gasteiger partial charge in [0.05, 0.1) is 5.56 Å². The Balaban J connectivity index is 1.51. The summed E-state index contributed by atoms with van der Waals surface area (Å²) < 4.78 is 30.0. The zero-order chi connectivity index (χ0) is 25.9. The van der Waals surface area contributed by atoms with Crippen molar-refractivity contribution >= 4 is 28.6 Å². The van der Waals surface area contributed by atoms with Gasteiger partial charge in [0.25, 0.3) is 0 Å². The Morgan fingerprint density at radius 2 is 1.78 bits per heavy atom. The molecule has 0 bridgehead atoms. The van der Waals surface area contributed by atoms with E-state index in [1.807, 2.05) is 43.4 Å². The molecule has 2 aromatic carbocycles. The maximum atomic E-state index is 14.4. The highest BCUT2D eigenvalue weighted by Crippen LogP contribution is 2.45. The zero-order valence-corrected chi connectivity index (χ0v) is 20.0. The standard InChI is InChI=1S/C27H21F2N7O/c1-27(15-8-4-3-5-9-15)19-22(30)33-24(34-23(19)35-26(27)37)21-16-11-12-36(2)25(16)32-18(31-21)13-14-7-6-10-17(28)20(14)29/h3-12H,13H2,1-2H3,(H3,30,33,34,35,37). The van der Waals surface area contributed by atoms with Crippen molar-refractivity contribution in [3.8, 4) is 11.5 Å². The molecular formula is C27H21F2N7O. The molecule has 0 spiro atoms. The summed E-state index contributed by atoms with van der Waals surface area (Å²) >= 11 is 0. The topological polar surface area (TPSA) is 112 Å². The SMILES string of the molecule is Cn1ccc2c(-c3nc(N)c4c(n3)NC(=O)C4(C)c3ccccc3)nc(Cc3cccc(F)c3F)nc21.